The molecule has 0 aliphatic rings. The SMILES string of the molecule is CCOC(=O)c1sc2ncccc2c1NC(=O)C(F)(F)F. The lowest BCUT2D eigenvalue weighted by atomic mass is 10.2. The number of hydrogen-bond donors (Lipinski definition) is 1. The van der Waals surface area contributed by atoms with E-state index in [2.05, 4.69) is 4.98 Å². The second kappa shape index (κ2) is 5.68. The third kappa shape index (κ3) is 3.13. The van der Waals surface area contributed by atoms with Gasteiger partial charge in [-0.2, -0.15) is 13.2 Å². The average molecular weight is 318 g/mol. The van der Waals surface area contributed by atoms with Crippen molar-refractivity contribution in [3.05, 3.63) is 23.2 Å². The van der Waals surface area contributed by atoms with Gasteiger partial charge in [0, 0.05) is 11.6 Å². The fourth-order valence-electron chi connectivity index (χ4n) is 1.58. The van der Waals surface area contributed by atoms with Crippen LogP contribution in [0.2, 0.25) is 0 Å². The highest BCUT2D eigenvalue weighted by atomic mass is 32.1. The van der Waals surface area contributed by atoms with Gasteiger partial charge < -0.3 is 10.1 Å². The lowest BCUT2D eigenvalue weighted by Gasteiger charge is -2.09. The highest BCUT2D eigenvalue weighted by Crippen LogP contribution is 2.35. The number of rotatable bonds is 3. The third-order valence-corrected chi connectivity index (χ3v) is 3.52. The molecule has 0 fully saturated rings. The molecule has 1 N–H and O–H groups in total. The first-order valence-electron chi connectivity index (χ1n) is 5.77. The number of hydrogen-bond acceptors (Lipinski definition) is 5. The largest absolute Gasteiger partial charge is 0.471 e. The van der Waals surface area contributed by atoms with Crippen LogP contribution in [0.5, 0.6) is 0 Å². The van der Waals surface area contributed by atoms with Crippen LogP contribution in [0, 0.1) is 0 Å². The van der Waals surface area contributed by atoms with E-state index in [1.165, 1.54) is 18.3 Å². The molecule has 0 saturated heterocycles. The Bertz CT molecular complexity index is 697. The fraction of sp³-hybridized carbons (Fsp3) is 0.250. The number of anilines is 1. The average Bonchev–Trinajstić information content (AvgIpc) is 2.77. The van der Waals surface area contributed by atoms with E-state index in [4.69, 9.17) is 4.74 Å². The zero-order valence-electron chi connectivity index (χ0n) is 10.7. The summed E-state index contributed by atoms with van der Waals surface area (Å²) in [6, 6.07) is 2.96. The molecule has 0 bridgehead atoms. The predicted octanol–water partition coefficient (Wildman–Crippen LogP) is 2.97. The number of amides is 1. The summed E-state index contributed by atoms with van der Waals surface area (Å²) >= 11 is 0.857. The number of nitrogens with zero attached hydrogens (tertiary/aromatic N) is 1. The molecule has 112 valence electrons. The minimum atomic E-state index is -5.05. The Morgan fingerprint density at radius 1 is 1.43 bits per heavy atom. The molecule has 2 heterocycles. The lowest BCUT2D eigenvalue weighted by molar-refractivity contribution is -0.167. The number of nitrogens with one attached hydrogen (secondary N) is 1. The molecular weight excluding hydrogens is 309 g/mol. The predicted molar refractivity (Wildman–Crippen MR) is 70.3 cm³/mol. The zero-order valence-corrected chi connectivity index (χ0v) is 11.5. The maximum Gasteiger partial charge on any atom is 0.471 e. The summed E-state index contributed by atoms with van der Waals surface area (Å²) in [6.45, 7) is 1.63. The molecule has 9 heteroatoms. The summed E-state index contributed by atoms with van der Waals surface area (Å²) in [6.07, 6.45) is -3.62. The van der Waals surface area contributed by atoms with E-state index in [1.807, 2.05) is 0 Å². The zero-order chi connectivity index (χ0) is 15.6. The van der Waals surface area contributed by atoms with Gasteiger partial charge in [0.05, 0.1) is 12.3 Å². The quantitative estimate of drug-likeness (QED) is 0.884. The Balaban J connectivity index is 2.50. The minimum absolute atomic E-state index is 0.0627. The molecule has 21 heavy (non-hydrogen) atoms. The number of thiophene rings is 1. The first kappa shape index (κ1) is 15.2. The van der Waals surface area contributed by atoms with Crippen LogP contribution in [0.4, 0.5) is 18.9 Å². The van der Waals surface area contributed by atoms with E-state index in [-0.39, 0.29) is 22.6 Å². The normalized spacial score (nSPS) is 11.4. The van der Waals surface area contributed by atoms with Crippen molar-refractivity contribution in [2.24, 2.45) is 0 Å². The standard InChI is InChI=1S/C12H9F3N2O3S/c1-2-20-10(18)8-7(17-11(19)12(13,14)15)6-4-3-5-16-9(6)21-8/h3-5H,2H2,1H3,(H,17,19). The maximum atomic E-state index is 12.4. The molecule has 0 radical (unpaired) electrons. The van der Waals surface area contributed by atoms with E-state index in [0.29, 0.717) is 4.83 Å². The number of pyridine rings is 1. The van der Waals surface area contributed by atoms with Crippen molar-refractivity contribution in [1.82, 2.24) is 4.98 Å². The Hall–Kier alpha value is -2.16. The van der Waals surface area contributed by atoms with Crippen LogP contribution in [0.1, 0.15) is 16.6 Å². The van der Waals surface area contributed by atoms with Crippen molar-refractivity contribution in [2.75, 3.05) is 11.9 Å². The van der Waals surface area contributed by atoms with Crippen LogP contribution >= 0.6 is 11.3 Å². The second-order valence-corrected chi connectivity index (χ2v) is 4.83. The first-order chi connectivity index (χ1) is 9.84. The fourth-order valence-corrected chi connectivity index (χ4v) is 2.57. The topological polar surface area (TPSA) is 68.3 Å². The van der Waals surface area contributed by atoms with Crippen LogP contribution in [0.3, 0.4) is 0 Å². The summed E-state index contributed by atoms with van der Waals surface area (Å²) in [5.74, 6) is -2.96. The van der Waals surface area contributed by atoms with Gasteiger partial charge in [-0.1, -0.05) is 0 Å². The van der Waals surface area contributed by atoms with Gasteiger partial charge >= 0.3 is 18.1 Å². The highest BCUT2D eigenvalue weighted by Gasteiger charge is 2.40. The van der Waals surface area contributed by atoms with Crippen LogP contribution < -0.4 is 5.32 Å². The van der Waals surface area contributed by atoms with E-state index in [9.17, 15) is 22.8 Å². The van der Waals surface area contributed by atoms with Gasteiger partial charge in [-0.3, -0.25) is 4.79 Å². The number of aromatic nitrogens is 1. The number of ether oxygens (including phenoxy) is 1. The molecule has 0 atom stereocenters. The first-order valence-corrected chi connectivity index (χ1v) is 6.59. The van der Waals surface area contributed by atoms with Crippen molar-refractivity contribution in [3.63, 3.8) is 0 Å². The van der Waals surface area contributed by atoms with Gasteiger partial charge in [-0.05, 0) is 19.1 Å². The molecule has 2 aromatic heterocycles. The van der Waals surface area contributed by atoms with Crippen molar-refractivity contribution in [1.29, 1.82) is 0 Å². The van der Waals surface area contributed by atoms with Crippen LogP contribution in [-0.2, 0) is 9.53 Å². The Morgan fingerprint density at radius 2 is 2.14 bits per heavy atom. The summed E-state index contributed by atoms with van der Waals surface area (Å²) in [5.41, 5.74) is -0.233. The van der Waals surface area contributed by atoms with E-state index in [1.54, 1.807) is 12.2 Å². The van der Waals surface area contributed by atoms with E-state index < -0.39 is 18.1 Å². The number of alkyl halides is 3. The molecule has 0 unspecified atom stereocenters. The van der Waals surface area contributed by atoms with Gasteiger partial charge in [0.15, 0.2) is 0 Å². The molecule has 0 aromatic carbocycles. The molecule has 2 rings (SSSR count). The monoisotopic (exact) mass is 318 g/mol. The summed E-state index contributed by atoms with van der Waals surface area (Å²) in [7, 11) is 0. The minimum Gasteiger partial charge on any atom is -0.462 e. The molecule has 0 aliphatic carbocycles. The van der Waals surface area contributed by atoms with Gasteiger partial charge in [0.2, 0.25) is 0 Å². The van der Waals surface area contributed by atoms with Gasteiger partial charge in [-0.15, -0.1) is 11.3 Å². The molecule has 0 spiro atoms. The van der Waals surface area contributed by atoms with Crippen LogP contribution in [0.25, 0.3) is 10.2 Å². The van der Waals surface area contributed by atoms with E-state index in [0.717, 1.165) is 11.3 Å². The smallest absolute Gasteiger partial charge is 0.462 e. The van der Waals surface area contributed by atoms with Crippen LogP contribution in [-0.4, -0.2) is 29.6 Å². The third-order valence-electron chi connectivity index (χ3n) is 2.42. The van der Waals surface area contributed by atoms with Crippen molar-refractivity contribution >= 4 is 39.1 Å². The Labute approximate surface area is 120 Å². The molecule has 1 amide bonds. The molecular formula is C12H9F3N2O3S. The van der Waals surface area contributed by atoms with Crippen molar-refractivity contribution < 1.29 is 27.5 Å². The highest BCUT2D eigenvalue weighted by molar-refractivity contribution is 7.21. The number of carbonyl (C=O) groups is 2. The lowest BCUT2D eigenvalue weighted by Crippen LogP contribution is -2.30. The second-order valence-electron chi connectivity index (χ2n) is 3.83. The van der Waals surface area contributed by atoms with Crippen LogP contribution in [0.15, 0.2) is 18.3 Å². The maximum absolute atomic E-state index is 12.4. The number of carbonyl (C=O) groups excluding carboxylic acids is 2. The summed E-state index contributed by atoms with van der Waals surface area (Å²) in [4.78, 5) is 27.1. The number of esters is 1. The van der Waals surface area contributed by atoms with Gasteiger partial charge in [0.1, 0.15) is 9.71 Å². The Morgan fingerprint density at radius 3 is 2.76 bits per heavy atom. The molecule has 0 aliphatic heterocycles. The molecule has 2 aromatic rings. The summed E-state index contributed by atoms with van der Waals surface area (Å²) < 4.78 is 41.9. The molecule has 0 saturated carbocycles. The number of fused-ring (bicyclic) bond motifs is 1. The summed E-state index contributed by atoms with van der Waals surface area (Å²) in [5, 5.41) is 1.97. The molecule has 5 nitrogen and oxygen atoms in total. The van der Waals surface area contributed by atoms with Crippen molar-refractivity contribution in [2.45, 2.75) is 13.1 Å². The van der Waals surface area contributed by atoms with Crippen molar-refractivity contribution in [3.8, 4) is 0 Å². The number of halogens is 3. The van der Waals surface area contributed by atoms with Gasteiger partial charge in [0.25, 0.3) is 0 Å². The Kier molecular flexibility index (Phi) is 4.12. The van der Waals surface area contributed by atoms with Gasteiger partial charge in [-0.25, -0.2) is 9.78 Å². The van der Waals surface area contributed by atoms with E-state index >= 15 is 0 Å².